The average molecular weight is 482 g/mol. The van der Waals surface area contributed by atoms with E-state index in [1.54, 1.807) is 18.3 Å². The minimum atomic E-state index is -0.192. The third-order valence-corrected chi connectivity index (χ3v) is 3.93. The first-order valence-corrected chi connectivity index (χ1v) is 7.61. The molecule has 1 N–H and O–H groups in total. The van der Waals surface area contributed by atoms with Crippen LogP contribution in [0.25, 0.3) is 0 Å². The van der Waals surface area contributed by atoms with Crippen LogP contribution in [0.2, 0.25) is 0 Å². The molecule has 18 heavy (non-hydrogen) atoms. The second kappa shape index (κ2) is 6.12. The average Bonchev–Trinajstić information content (AvgIpc) is 2.32. The normalized spacial score (nSPS) is 10.2. The standard InChI is InChI=1S/C12H7Br2IN2O/c13-7-1-3-9(10(14)5-7)12(18)17-11-4-2-8(15)6-16-11/h1-6H,(H,16,17,18). The van der Waals surface area contributed by atoms with Crippen LogP contribution in [0.4, 0.5) is 5.82 Å². The molecule has 0 bridgehead atoms. The minimum Gasteiger partial charge on any atom is -0.307 e. The molecule has 0 saturated carbocycles. The zero-order chi connectivity index (χ0) is 13.1. The van der Waals surface area contributed by atoms with E-state index in [4.69, 9.17) is 0 Å². The summed E-state index contributed by atoms with van der Waals surface area (Å²) < 4.78 is 2.67. The number of carbonyl (C=O) groups is 1. The van der Waals surface area contributed by atoms with E-state index < -0.39 is 0 Å². The first-order valence-electron chi connectivity index (χ1n) is 4.94. The minimum absolute atomic E-state index is 0.192. The molecule has 1 aromatic heterocycles. The first kappa shape index (κ1) is 14.0. The molecule has 0 fully saturated rings. The van der Waals surface area contributed by atoms with Crippen LogP contribution in [-0.2, 0) is 0 Å². The van der Waals surface area contributed by atoms with Crippen LogP contribution in [-0.4, -0.2) is 10.9 Å². The molecule has 0 aliphatic rings. The molecule has 2 aromatic rings. The molecule has 3 nitrogen and oxygen atoms in total. The van der Waals surface area contributed by atoms with Crippen molar-refractivity contribution in [3.63, 3.8) is 0 Å². The van der Waals surface area contributed by atoms with E-state index in [0.29, 0.717) is 11.4 Å². The van der Waals surface area contributed by atoms with Gasteiger partial charge in [-0.15, -0.1) is 0 Å². The van der Waals surface area contributed by atoms with Gasteiger partial charge in [0.2, 0.25) is 0 Å². The zero-order valence-electron chi connectivity index (χ0n) is 8.95. The third-order valence-electron chi connectivity index (χ3n) is 2.14. The molecule has 1 aromatic carbocycles. The van der Waals surface area contributed by atoms with Gasteiger partial charge < -0.3 is 5.32 Å². The van der Waals surface area contributed by atoms with Crippen molar-refractivity contribution in [1.29, 1.82) is 0 Å². The number of pyridine rings is 1. The summed E-state index contributed by atoms with van der Waals surface area (Å²) in [7, 11) is 0. The number of nitrogens with zero attached hydrogens (tertiary/aromatic N) is 1. The first-order chi connectivity index (χ1) is 8.56. The Hall–Kier alpha value is -0.470. The number of amides is 1. The molecule has 0 aliphatic heterocycles. The lowest BCUT2D eigenvalue weighted by Crippen LogP contribution is -2.13. The predicted octanol–water partition coefficient (Wildman–Crippen LogP) is 4.46. The lowest BCUT2D eigenvalue weighted by atomic mass is 10.2. The van der Waals surface area contributed by atoms with Gasteiger partial charge in [-0.3, -0.25) is 4.79 Å². The molecule has 1 heterocycles. The van der Waals surface area contributed by atoms with Crippen molar-refractivity contribution < 1.29 is 4.79 Å². The number of benzene rings is 1. The Kier molecular flexibility index (Phi) is 4.74. The van der Waals surface area contributed by atoms with Gasteiger partial charge in [-0.1, -0.05) is 15.9 Å². The van der Waals surface area contributed by atoms with Crippen LogP contribution in [0.1, 0.15) is 10.4 Å². The van der Waals surface area contributed by atoms with Crippen molar-refractivity contribution in [2.45, 2.75) is 0 Å². The smallest absolute Gasteiger partial charge is 0.257 e. The fourth-order valence-corrected chi connectivity index (χ4v) is 2.85. The van der Waals surface area contributed by atoms with Crippen molar-refractivity contribution in [3.05, 3.63) is 54.6 Å². The molecule has 6 heteroatoms. The van der Waals surface area contributed by atoms with Crippen LogP contribution in [0.3, 0.4) is 0 Å². The maximum Gasteiger partial charge on any atom is 0.257 e. The number of nitrogens with one attached hydrogen (secondary N) is 1. The Morgan fingerprint density at radius 2 is 2.00 bits per heavy atom. The number of halogens is 3. The molecule has 92 valence electrons. The molecule has 0 atom stereocenters. The number of hydrogen-bond donors (Lipinski definition) is 1. The van der Waals surface area contributed by atoms with Crippen LogP contribution in [0.5, 0.6) is 0 Å². The van der Waals surface area contributed by atoms with Crippen molar-refractivity contribution in [2.75, 3.05) is 5.32 Å². The fourth-order valence-electron chi connectivity index (χ4n) is 1.31. The van der Waals surface area contributed by atoms with Crippen molar-refractivity contribution >= 4 is 66.2 Å². The van der Waals surface area contributed by atoms with Gasteiger partial charge >= 0.3 is 0 Å². The van der Waals surface area contributed by atoms with E-state index in [9.17, 15) is 4.79 Å². The van der Waals surface area contributed by atoms with Gasteiger partial charge in [0.25, 0.3) is 5.91 Å². The summed E-state index contributed by atoms with van der Waals surface area (Å²) in [6, 6.07) is 9.06. The highest BCUT2D eigenvalue weighted by Crippen LogP contribution is 2.22. The summed E-state index contributed by atoms with van der Waals surface area (Å²) in [5, 5.41) is 2.75. The third kappa shape index (κ3) is 3.52. The molecule has 1 amide bonds. The van der Waals surface area contributed by atoms with E-state index in [1.807, 2.05) is 18.2 Å². The van der Waals surface area contributed by atoms with E-state index >= 15 is 0 Å². The highest BCUT2D eigenvalue weighted by atomic mass is 127. The van der Waals surface area contributed by atoms with Crippen LogP contribution in [0, 0.1) is 3.57 Å². The van der Waals surface area contributed by atoms with E-state index in [0.717, 1.165) is 12.5 Å². The van der Waals surface area contributed by atoms with Gasteiger partial charge in [0, 0.05) is 18.7 Å². The highest BCUT2D eigenvalue weighted by Gasteiger charge is 2.10. The van der Waals surface area contributed by atoms with Gasteiger partial charge in [0.15, 0.2) is 0 Å². The molecule has 0 spiro atoms. The quantitative estimate of drug-likeness (QED) is 0.643. The van der Waals surface area contributed by atoms with Crippen molar-refractivity contribution in [1.82, 2.24) is 4.98 Å². The topological polar surface area (TPSA) is 42.0 Å². The van der Waals surface area contributed by atoms with Gasteiger partial charge in [0.05, 0.1) is 5.56 Å². The van der Waals surface area contributed by atoms with Crippen LogP contribution < -0.4 is 5.32 Å². The molecule has 0 unspecified atom stereocenters. The van der Waals surface area contributed by atoms with Crippen molar-refractivity contribution in [2.24, 2.45) is 0 Å². The van der Waals surface area contributed by atoms with E-state index in [2.05, 4.69) is 64.8 Å². The molecule has 0 saturated heterocycles. The lowest BCUT2D eigenvalue weighted by Gasteiger charge is -2.06. The zero-order valence-corrected chi connectivity index (χ0v) is 14.3. The van der Waals surface area contributed by atoms with E-state index in [1.165, 1.54) is 0 Å². The summed E-state index contributed by atoms with van der Waals surface area (Å²) >= 11 is 8.87. The molecular formula is C12H7Br2IN2O. The highest BCUT2D eigenvalue weighted by molar-refractivity contribution is 14.1. The Balaban J connectivity index is 2.19. The number of anilines is 1. The second-order valence-electron chi connectivity index (χ2n) is 3.44. The maximum absolute atomic E-state index is 12.0. The Labute approximate surface area is 135 Å². The van der Waals surface area contributed by atoms with Gasteiger partial charge in [-0.05, 0) is 68.9 Å². The number of hydrogen-bond acceptors (Lipinski definition) is 2. The van der Waals surface area contributed by atoms with Crippen molar-refractivity contribution in [3.8, 4) is 0 Å². The van der Waals surface area contributed by atoms with Gasteiger partial charge in [-0.25, -0.2) is 4.98 Å². The number of carbonyl (C=O) groups excluding carboxylic acids is 1. The number of aromatic nitrogens is 1. The Bertz CT molecular complexity index is 587. The van der Waals surface area contributed by atoms with Crippen LogP contribution >= 0.6 is 54.5 Å². The van der Waals surface area contributed by atoms with Crippen LogP contribution in [0.15, 0.2) is 45.5 Å². The predicted molar refractivity (Wildman–Crippen MR) is 86.7 cm³/mol. The molecule has 0 aliphatic carbocycles. The Morgan fingerprint density at radius 3 is 2.61 bits per heavy atom. The summed E-state index contributed by atoms with van der Waals surface area (Å²) in [5.41, 5.74) is 0.568. The van der Waals surface area contributed by atoms with Gasteiger partial charge in [-0.2, -0.15) is 0 Å². The maximum atomic E-state index is 12.0. The molecule has 2 rings (SSSR count). The summed E-state index contributed by atoms with van der Waals surface area (Å²) in [6.45, 7) is 0. The SMILES string of the molecule is O=C(Nc1ccc(I)cn1)c1ccc(Br)cc1Br. The van der Waals surface area contributed by atoms with E-state index in [-0.39, 0.29) is 5.91 Å². The monoisotopic (exact) mass is 480 g/mol. The fraction of sp³-hybridized carbons (Fsp3) is 0. The molecule has 0 radical (unpaired) electrons. The Morgan fingerprint density at radius 1 is 1.22 bits per heavy atom. The van der Waals surface area contributed by atoms with Gasteiger partial charge in [0.1, 0.15) is 5.82 Å². The molecular weight excluding hydrogens is 475 g/mol. The largest absolute Gasteiger partial charge is 0.307 e. The summed E-state index contributed by atoms with van der Waals surface area (Å²) in [5.74, 6) is 0.346. The number of rotatable bonds is 2. The summed E-state index contributed by atoms with van der Waals surface area (Å²) in [4.78, 5) is 16.2. The lowest BCUT2D eigenvalue weighted by molar-refractivity contribution is 0.102. The second-order valence-corrected chi connectivity index (χ2v) is 6.46. The summed E-state index contributed by atoms with van der Waals surface area (Å²) in [6.07, 6.45) is 1.70.